The summed E-state index contributed by atoms with van der Waals surface area (Å²) in [6.07, 6.45) is 1.69. The Morgan fingerprint density at radius 3 is 2.79 bits per heavy atom. The standard InChI is InChI=1S/C17H17BrN4O2/c1-10-4-5-13-14(6-10)21-17(20-13)22-19-9-11-7-12(18)16(24-3)15(8-11)23-2/h4-9H,1-3H3,(H2,20,21,22)/b19-9-. The van der Waals surface area contributed by atoms with Crippen LogP contribution in [0.4, 0.5) is 5.95 Å². The minimum atomic E-state index is 0.589. The smallest absolute Gasteiger partial charge is 0.222 e. The van der Waals surface area contributed by atoms with E-state index in [1.54, 1.807) is 20.4 Å². The van der Waals surface area contributed by atoms with Crippen molar-refractivity contribution in [2.45, 2.75) is 6.92 Å². The van der Waals surface area contributed by atoms with E-state index in [9.17, 15) is 0 Å². The molecule has 3 aromatic rings. The number of methoxy groups -OCH3 is 2. The van der Waals surface area contributed by atoms with Crippen LogP contribution in [0.25, 0.3) is 11.0 Å². The third-order valence-electron chi connectivity index (χ3n) is 3.48. The molecule has 1 heterocycles. The summed E-state index contributed by atoms with van der Waals surface area (Å²) < 4.78 is 11.4. The van der Waals surface area contributed by atoms with Gasteiger partial charge in [-0.15, -0.1) is 0 Å². The number of fused-ring (bicyclic) bond motifs is 1. The van der Waals surface area contributed by atoms with Crippen molar-refractivity contribution in [3.05, 3.63) is 45.9 Å². The molecule has 24 heavy (non-hydrogen) atoms. The van der Waals surface area contributed by atoms with Gasteiger partial charge >= 0.3 is 0 Å². The molecule has 0 atom stereocenters. The van der Waals surface area contributed by atoms with Gasteiger partial charge in [-0.2, -0.15) is 5.10 Å². The van der Waals surface area contributed by atoms with E-state index in [1.165, 1.54) is 5.56 Å². The van der Waals surface area contributed by atoms with E-state index >= 15 is 0 Å². The van der Waals surface area contributed by atoms with E-state index in [2.05, 4.69) is 36.4 Å². The van der Waals surface area contributed by atoms with Crippen LogP contribution in [-0.2, 0) is 0 Å². The van der Waals surface area contributed by atoms with Crippen LogP contribution in [0.1, 0.15) is 11.1 Å². The Hall–Kier alpha value is -2.54. The lowest BCUT2D eigenvalue weighted by atomic mass is 10.2. The normalized spacial score (nSPS) is 11.2. The molecule has 0 aliphatic rings. The van der Waals surface area contributed by atoms with Crippen LogP contribution >= 0.6 is 15.9 Å². The van der Waals surface area contributed by atoms with Crippen molar-refractivity contribution in [1.29, 1.82) is 0 Å². The van der Waals surface area contributed by atoms with Crippen LogP contribution in [0.15, 0.2) is 39.9 Å². The van der Waals surface area contributed by atoms with E-state index in [-0.39, 0.29) is 0 Å². The molecule has 0 spiro atoms. The van der Waals surface area contributed by atoms with Crippen molar-refractivity contribution in [1.82, 2.24) is 9.97 Å². The molecule has 1 aromatic heterocycles. The fourth-order valence-electron chi connectivity index (χ4n) is 2.36. The SMILES string of the molecule is COc1cc(/C=N\Nc2nc3ccc(C)cc3[nH]2)cc(Br)c1OC. The zero-order valence-electron chi connectivity index (χ0n) is 13.6. The van der Waals surface area contributed by atoms with Crippen LogP contribution in [-0.4, -0.2) is 30.4 Å². The van der Waals surface area contributed by atoms with E-state index in [1.807, 2.05) is 37.3 Å². The molecule has 6 nitrogen and oxygen atoms in total. The van der Waals surface area contributed by atoms with Crippen molar-refractivity contribution in [3.63, 3.8) is 0 Å². The molecule has 0 amide bonds. The maximum absolute atomic E-state index is 5.32. The highest BCUT2D eigenvalue weighted by atomic mass is 79.9. The number of hydrogen-bond donors (Lipinski definition) is 2. The van der Waals surface area contributed by atoms with Gasteiger partial charge in [-0.3, -0.25) is 0 Å². The number of hydrogen-bond acceptors (Lipinski definition) is 5. The molecule has 0 unspecified atom stereocenters. The number of aryl methyl sites for hydroxylation is 1. The predicted octanol–water partition coefficient (Wildman–Crippen LogP) is 4.10. The average Bonchev–Trinajstić information content (AvgIpc) is 2.96. The second kappa shape index (κ2) is 6.92. The van der Waals surface area contributed by atoms with Crippen molar-refractivity contribution in [2.24, 2.45) is 5.10 Å². The van der Waals surface area contributed by atoms with Crippen LogP contribution in [0, 0.1) is 6.92 Å². The number of H-pyrrole nitrogens is 1. The second-order valence-corrected chi connectivity index (χ2v) is 6.07. The summed E-state index contributed by atoms with van der Waals surface area (Å²) in [5.41, 5.74) is 6.81. The van der Waals surface area contributed by atoms with Crippen LogP contribution in [0.3, 0.4) is 0 Å². The van der Waals surface area contributed by atoms with Gasteiger partial charge in [0.2, 0.25) is 5.95 Å². The molecule has 2 N–H and O–H groups in total. The van der Waals surface area contributed by atoms with Gasteiger partial charge in [0.15, 0.2) is 11.5 Å². The summed E-state index contributed by atoms with van der Waals surface area (Å²) in [4.78, 5) is 7.61. The summed E-state index contributed by atoms with van der Waals surface area (Å²) in [6, 6.07) is 9.78. The molecule has 0 saturated carbocycles. The number of aromatic amines is 1. The molecule has 0 saturated heterocycles. The molecule has 124 valence electrons. The fourth-order valence-corrected chi connectivity index (χ4v) is 2.98. The molecule has 0 bridgehead atoms. The van der Waals surface area contributed by atoms with Gasteiger partial charge in [0.05, 0.1) is 35.9 Å². The number of ether oxygens (including phenoxy) is 2. The molecule has 7 heteroatoms. The topological polar surface area (TPSA) is 71.5 Å². The maximum Gasteiger partial charge on any atom is 0.222 e. The minimum Gasteiger partial charge on any atom is -0.493 e. The van der Waals surface area contributed by atoms with E-state index in [0.717, 1.165) is 21.1 Å². The number of benzene rings is 2. The van der Waals surface area contributed by atoms with Gasteiger partial charge in [0.1, 0.15) is 0 Å². The zero-order chi connectivity index (χ0) is 17.1. The Kier molecular flexibility index (Phi) is 4.71. The molecule has 0 aliphatic heterocycles. The number of nitrogens with one attached hydrogen (secondary N) is 2. The van der Waals surface area contributed by atoms with Gasteiger partial charge in [0, 0.05) is 0 Å². The van der Waals surface area contributed by atoms with Crippen LogP contribution < -0.4 is 14.9 Å². The lowest BCUT2D eigenvalue weighted by molar-refractivity contribution is 0.353. The third-order valence-corrected chi connectivity index (χ3v) is 4.07. The molecular formula is C17H17BrN4O2. The first-order chi connectivity index (χ1) is 11.6. The summed E-state index contributed by atoms with van der Waals surface area (Å²) in [5, 5.41) is 4.22. The largest absolute Gasteiger partial charge is 0.493 e. The van der Waals surface area contributed by atoms with E-state index in [0.29, 0.717) is 17.4 Å². The number of imidazole rings is 1. The van der Waals surface area contributed by atoms with Gasteiger partial charge in [-0.1, -0.05) is 6.07 Å². The Morgan fingerprint density at radius 2 is 2.04 bits per heavy atom. The van der Waals surface area contributed by atoms with Crippen LogP contribution in [0.2, 0.25) is 0 Å². The quantitative estimate of drug-likeness (QED) is 0.509. The summed E-state index contributed by atoms with van der Waals surface area (Å²) in [6.45, 7) is 2.04. The molecule has 3 rings (SSSR count). The number of anilines is 1. The average molecular weight is 389 g/mol. The molecule has 0 radical (unpaired) electrons. The van der Waals surface area contributed by atoms with Gasteiger partial charge in [-0.25, -0.2) is 10.4 Å². The first-order valence-electron chi connectivity index (χ1n) is 7.27. The first-order valence-corrected chi connectivity index (χ1v) is 8.07. The number of aromatic nitrogens is 2. The number of hydrazone groups is 1. The fraction of sp³-hybridized carbons (Fsp3) is 0.176. The van der Waals surface area contributed by atoms with Crippen molar-refractivity contribution >= 4 is 39.1 Å². The highest BCUT2D eigenvalue weighted by Gasteiger charge is 2.09. The van der Waals surface area contributed by atoms with Crippen molar-refractivity contribution in [3.8, 4) is 11.5 Å². The molecule has 0 fully saturated rings. The summed E-state index contributed by atoms with van der Waals surface area (Å²) in [7, 11) is 3.20. The summed E-state index contributed by atoms with van der Waals surface area (Å²) >= 11 is 3.46. The highest BCUT2D eigenvalue weighted by molar-refractivity contribution is 9.10. The highest BCUT2D eigenvalue weighted by Crippen LogP contribution is 2.35. The van der Waals surface area contributed by atoms with Crippen molar-refractivity contribution < 1.29 is 9.47 Å². The number of halogens is 1. The van der Waals surface area contributed by atoms with Crippen molar-refractivity contribution in [2.75, 3.05) is 19.6 Å². The van der Waals surface area contributed by atoms with E-state index < -0.39 is 0 Å². The number of rotatable bonds is 5. The van der Waals surface area contributed by atoms with E-state index in [4.69, 9.17) is 9.47 Å². The maximum atomic E-state index is 5.32. The number of nitrogens with zero attached hydrogens (tertiary/aromatic N) is 2. The Morgan fingerprint density at radius 1 is 1.21 bits per heavy atom. The predicted molar refractivity (Wildman–Crippen MR) is 99.3 cm³/mol. The van der Waals surface area contributed by atoms with Gasteiger partial charge < -0.3 is 14.5 Å². The van der Waals surface area contributed by atoms with Gasteiger partial charge in [-0.05, 0) is 58.2 Å². The first kappa shape index (κ1) is 16.3. The lowest BCUT2D eigenvalue weighted by Gasteiger charge is -2.10. The molecular weight excluding hydrogens is 372 g/mol. The summed E-state index contributed by atoms with van der Waals surface area (Å²) in [5.74, 6) is 1.87. The second-order valence-electron chi connectivity index (χ2n) is 5.21. The minimum absolute atomic E-state index is 0.589. The Bertz CT molecular complexity index is 905. The zero-order valence-corrected chi connectivity index (χ0v) is 15.1. The van der Waals surface area contributed by atoms with Gasteiger partial charge in [0.25, 0.3) is 0 Å². The molecule has 2 aromatic carbocycles. The Labute approximate surface area is 148 Å². The molecule has 0 aliphatic carbocycles. The Balaban J connectivity index is 1.79. The monoisotopic (exact) mass is 388 g/mol. The lowest BCUT2D eigenvalue weighted by Crippen LogP contribution is -1.95. The van der Waals surface area contributed by atoms with Crippen LogP contribution in [0.5, 0.6) is 11.5 Å². The third kappa shape index (κ3) is 3.35.